The van der Waals surface area contributed by atoms with Crippen LogP contribution in [0.1, 0.15) is 45.1 Å². The van der Waals surface area contributed by atoms with Gasteiger partial charge in [0.05, 0.1) is 5.54 Å². The molecule has 59 heavy (non-hydrogen) atoms. The van der Waals surface area contributed by atoms with Crippen molar-refractivity contribution in [2.75, 3.05) is 9.80 Å². The average Bonchev–Trinajstić information content (AvgIpc) is 3.73. The highest BCUT2D eigenvalue weighted by Gasteiger charge is 2.57. The van der Waals surface area contributed by atoms with Gasteiger partial charge >= 0.3 is 0 Å². The summed E-state index contributed by atoms with van der Waals surface area (Å²) in [6.07, 6.45) is 4.90. The molecule has 1 aromatic heterocycles. The first kappa shape index (κ1) is 34.3. The van der Waals surface area contributed by atoms with Gasteiger partial charge in [-0.3, -0.25) is 0 Å². The highest BCUT2D eigenvalue weighted by molar-refractivity contribution is 7.01. The molecule has 12 rings (SSSR count). The fourth-order valence-electron chi connectivity index (χ4n) is 11.1. The molecule has 0 spiro atoms. The maximum absolute atomic E-state index is 5.23. The Morgan fingerprint density at radius 2 is 1.07 bits per heavy atom. The fraction of sp³-hybridized carbons (Fsp3) is 0.151. The molecule has 1 saturated carbocycles. The zero-order valence-corrected chi connectivity index (χ0v) is 33.3. The molecule has 0 bridgehead atoms. The summed E-state index contributed by atoms with van der Waals surface area (Å²) in [5.41, 5.74) is 17.1. The molecule has 282 valence electrons. The third kappa shape index (κ3) is 4.96. The molecule has 6 heteroatoms. The highest BCUT2D eigenvalue weighted by Crippen LogP contribution is 2.60. The van der Waals surface area contributed by atoms with E-state index in [9.17, 15) is 0 Å². The van der Waals surface area contributed by atoms with Crippen molar-refractivity contribution in [2.24, 2.45) is 0 Å². The van der Waals surface area contributed by atoms with Gasteiger partial charge < -0.3 is 9.80 Å². The zero-order valence-electron chi connectivity index (χ0n) is 33.3. The van der Waals surface area contributed by atoms with Crippen molar-refractivity contribution in [3.05, 3.63) is 175 Å². The largest absolute Gasteiger partial charge is 0.334 e. The Bertz CT molecular complexity index is 2890. The zero-order chi connectivity index (χ0) is 39.3. The Hall–Kier alpha value is -6.79. The predicted octanol–water partition coefficient (Wildman–Crippen LogP) is 10.9. The molecule has 5 nitrogen and oxygen atoms in total. The third-order valence-corrected chi connectivity index (χ3v) is 14.1. The van der Waals surface area contributed by atoms with E-state index < -0.39 is 0 Å². The van der Waals surface area contributed by atoms with E-state index >= 15 is 0 Å². The van der Waals surface area contributed by atoms with Crippen LogP contribution in [0.5, 0.6) is 0 Å². The molecular formula is C53H42BN5. The second-order valence-electron chi connectivity index (χ2n) is 17.1. The van der Waals surface area contributed by atoms with E-state index in [1.807, 2.05) is 36.4 Å². The molecule has 1 fully saturated rings. The quantitative estimate of drug-likeness (QED) is 0.164. The predicted molar refractivity (Wildman–Crippen MR) is 244 cm³/mol. The van der Waals surface area contributed by atoms with Crippen LogP contribution in [0.4, 0.5) is 28.4 Å². The van der Waals surface area contributed by atoms with E-state index in [1.165, 1.54) is 75.8 Å². The van der Waals surface area contributed by atoms with E-state index in [-0.39, 0.29) is 17.7 Å². The number of para-hydroxylation sites is 3. The molecule has 3 aliphatic heterocycles. The van der Waals surface area contributed by atoms with Gasteiger partial charge in [0.2, 0.25) is 6.71 Å². The van der Waals surface area contributed by atoms with E-state index in [2.05, 4.69) is 157 Å². The number of fused-ring (bicyclic) bond motifs is 8. The summed E-state index contributed by atoms with van der Waals surface area (Å²) in [5.74, 6) is 1.97. The molecule has 0 radical (unpaired) electrons. The second-order valence-corrected chi connectivity index (χ2v) is 17.1. The molecule has 2 unspecified atom stereocenters. The fourth-order valence-corrected chi connectivity index (χ4v) is 11.1. The average molecular weight is 760 g/mol. The Morgan fingerprint density at radius 1 is 0.475 bits per heavy atom. The number of anilines is 5. The van der Waals surface area contributed by atoms with E-state index in [0.29, 0.717) is 17.5 Å². The molecule has 7 aromatic carbocycles. The van der Waals surface area contributed by atoms with Gasteiger partial charge in [-0.2, -0.15) is 0 Å². The molecule has 0 amide bonds. The lowest BCUT2D eigenvalue weighted by Crippen LogP contribution is -2.56. The first-order valence-electron chi connectivity index (χ1n) is 21.0. The smallest absolute Gasteiger partial charge is 0.248 e. The maximum atomic E-state index is 5.23. The Balaban J connectivity index is 1.10. The van der Waals surface area contributed by atoms with E-state index in [4.69, 9.17) is 15.0 Å². The third-order valence-electron chi connectivity index (χ3n) is 14.1. The van der Waals surface area contributed by atoms with Gasteiger partial charge in [0.1, 0.15) is 0 Å². The maximum Gasteiger partial charge on any atom is 0.248 e. The highest BCUT2D eigenvalue weighted by atomic mass is 15.3. The van der Waals surface area contributed by atoms with E-state index in [1.54, 1.807) is 0 Å². The lowest BCUT2D eigenvalue weighted by Gasteiger charge is -2.50. The van der Waals surface area contributed by atoms with E-state index in [0.717, 1.165) is 28.1 Å². The topological polar surface area (TPSA) is 45.2 Å². The van der Waals surface area contributed by atoms with Crippen molar-refractivity contribution in [3.8, 4) is 45.3 Å². The summed E-state index contributed by atoms with van der Waals surface area (Å²) in [6.45, 7) is 5.11. The first-order valence-corrected chi connectivity index (χ1v) is 21.0. The van der Waals surface area contributed by atoms with Gasteiger partial charge in [0, 0.05) is 50.5 Å². The van der Waals surface area contributed by atoms with Crippen LogP contribution >= 0.6 is 0 Å². The van der Waals surface area contributed by atoms with Crippen molar-refractivity contribution in [2.45, 2.75) is 50.5 Å². The van der Waals surface area contributed by atoms with Crippen molar-refractivity contribution >= 4 is 51.5 Å². The van der Waals surface area contributed by atoms with Crippen molar-refractivity contribution in [1.29, 1.82) is 0 Å². The number of hydrogen-bond acceptors (Lipinski definition) is 5. The second kappa shape index (κ2) is 12.9. The van der Waals surface area contributed by atoms with Crippen LogP contribution in [0.2, 0.25) is 0 Å². The number of aromatic nitrogens is 3. The summed E-state index contributed by atoms with van der Waals surface area (Å²) in [7, 11) is 0. The Morgan fingerprint density at radius 3 is 1.78 bits per heavy atom. The minimum absolute atomic E-state index is 0.0207. The van der Waals surface area contributed by atoms with Crippen molar-refractivity contribution < 1.29 is 0 Å². The molecule has 0 saturated heterocycles. The van der Waals surface area contributed by atoms with Gasteiger partial charge in [-0.25, -0.2) is 15.0 Å². The van der Waals surface area contributed by atoms with Crippen LogP contribution < -0.4 is 26.2 Å². The van der Waals surface area contributed by atoms with Crippen LogP contribution in [0.15, 0.2) is 170 Å². The lowest BCUT2D eigenvalue weighted by molar-refractivity contribution is 0.195. The van der Waals surface area contributed by atoms with Crippen molar-refractivity contribution in [3.63, 3.8) is 0 Å². The molecule has 2 atom stereocenters. The summed E-state index contributed by atoms with van der Waals surface area (Å²) < 4.78 is 0. The Kier molecular flexibility index (Phi) is 7.47. The van der Waals surface area contributed by atoms with Gasteiger partial charge in [-0.15, -0.1) is 0 Å². The standard InChI is InChI=1S/C53H42BN5/c1-52-30-16-17-31-53(52,2)59(45-26-14-12-24-42(45)52)39-28-29-40-41-32-37(51-56-49(35-18-6-3-7-19-35)55-50(57-51)36-20-8-4-9-21-36)33-47-48(41)54(44(40)34-39)43-25-13-15-27-46(43)58(47)38-22-10-5-11-23-38/h3-15,18-29,32-34H,16-17,30-31H2,1-2H3. The van der Waals surface area contributed by atoms with Crippen LogP contribution in [0.3, 0.4) is 0 Å². The number of hydrogen-bond donors (Lipinski definition) is 0. The summed E-state index contributed by atoms with van der Waals surface area (Å²) >= 11 is 0. The minimum atomic E-state index is -0.0207. The van der Waals surface area contributed by atoms with Crippen molar-refractivity contribution in [1.82, 2.24) is 15.0 Å². The van der Waals surface area contributed by atoms with Gasteiger partial charge in [-0.05, 0) is 95.9 Å². The summed E-state index contributed by atoms with van der Waals surface area (Å²) in [4.78, 5) is 20.6. The molecule has 8 aromatic rings. The van der Waals surface area contributed by atoms with Crippen LogP contribution in [0, 0.1) is 0 Å². The summed E-state index contributed by atoms with van der Waals surface area (Å²) in [5, 5.41) is 0. The number of nitrogens with zero attached hydrogens (tertiary/aromatic N) is 5. The monoisotopic (exact) mass is 759 g/mol. The molecule has 1 aliphatic carbocycles. The molecule has 4 aliphatic rings. The number of benzene rings is 7. The molecule has 4 heterocycles. The Labute approximate surface area is 346 Å². The van der Waals surface area contributed by atoms with Gasteiger partial charge in [-0.1, -0.05) is 147 Å². The first-order chi connectivity index (χ1) is 29.0. The SMILES string of the molecule is CC12CCCCC1(C)N(c1ccc3c(c1)B1c4ccccc4N(c4ccccc4)c4cc(-c5nc(-c6ccccc6)nc(-c6ccccc6)n5)cc-3c41)c1ccccc12. The number of rotatable bonds is 5. The summed E-state index contributed by atoms with van der Waals surface area (Å²) in [6, 6.07) is 61.5. The molecule has 0 N–H and O–H groups in total. The molecular weight excluding hydrogens is 717 g/mol. The van der Waals surface area contributed by atoms with Crippen LogP contribution in [0.25, 0.3) is 45.3 Å². The normalized spacial score (nSPS) is 19.5. The van der Waals surface area contributed by atoms with Gasteiger partial charge in [0.15, 0.2) is 17.5 Å². The van der Waals surface area contributed by atoms with Crippen LogP contribution in [-0.2, 0) is 5.41 Å². The lowest BCUT2D eigenvalue weighted by atomic mass is 9.37. The van der Waals surface area contributed by atoms with Crippen LogP contribution in [-0.4, -0.2) is 27.2 Å². The van der Waals surface area contributed by atoms with Gasteiger partial charge in [0.25, 0.3) is 0 Å². The minimum Gasteiger partial charge on any atom is -0.334 e.